The molecule has 2 aromatic carbocycles. The van der Waals surface area contributed by atoms with Crippen LogP contribution in [0.3, 0.4) is 0 Å². The molecule has 3 aromatic rings. The molecular weight excluding hydrogens is 440 g/mol. The maximum Gasteiger partial charge on any atom is 0.156 e. The minimum absolute atomic E-state index is 0.429. The van der Waals surface area contributed by atoms with Gasteiger partial charge in [0, 0.05) is 42.9 Å². The van der Waals surface area contributed by atoms with Gasteiger partial charge in [0.25, 0.3) is 0 Å². The van der Waals surface area contributed by atoms with Crippen molar-refractivity contribution in [3.63, 3.8) is 0 Å². The number of thiazole rings is 1. The molecule has 0 aliphatic carbocycles. The number of methoxy groups -OCH3 is 1. The molecule has 1 fully saturated rings. The van der Waals surface area contributed by atoms with Crippen LogP contribution in [0, 0.1) is 0 Å². The molecule has 1 atom stereocenters. The molecule has 178 valence electrons. The highest BCUT2D eigenvalue weighted by Gasteiger charge is 2.31. The van der Waals surface area contributed by atoms with Crippen molar-refractivity contribution in [1.82, 2.24) is 14.8 Å². The summed E-state index contributed by atoms with van der Waals surface area (Å²) in [5, 5.41) is 1.21. The molecule has 5 nitrogen and oxygen atoms in total. The van der Waals surface area contributed by atoms with Crippen molar-refractivity contribution in [2.24, 2.45) is 4.99 Å². The number of benzene rings is 2. The number of nitrogens with zero attached hydrogens (tertiary/aromatic N) is 4. The van der Waals surface area contributed by atoms with E-state index >= 15 is 0 Å². The normalized spacial score (nSPS) is 18.3. The predicted molar refractivity (Wildman–Crippen MR) is 141 cm³/mol. The Balaban J connectivity index is 1.40. The van der Waals surface area contributed by atoms with Crippen molar-refractivity contribution in [2.45, 2.75) is 45.1 Å². The monoisotopic (exact) mass is 474 g/mol. The zero-order valence-corrected chi connectivity index (χ0v) is 21.4. The fraction of sp³-hybridized carbons (Fsp3) is 0.429. The van der Waals surface area contributed by atoms with E-state index in [1.165, 1.54) is 21.0 Å². The Morgan fingerprint density at radius 1 is 1.09 bits per heavy atom. The Morgan fingerprint density at radius 2 is 1.88 bits per heavy atom. The number of hydrogen-bond donors (Lipinski definition) is 0. The number of ether oxygens (including phenoxy) is 1. The zero-order chi connectivity index (χ0) is 23.7. The summed E-state index contributed by atoms with van der Waals surface area (Å²) in [6.45, 7) is 7.44. The van der Waals surface area contributed by atoms with Gasteiger partial charge in [0.1, 0.15) is 11.4 Å². The summed E-state index contributed by atoms with van der Waals surface area (Å²) in [6.07, 6.45) is 3.09. The van der Waals surface area contributed by atoms with Gasteiger partial charge in [0.05, 0.1) is 17.8 Å². The predicted octanol–water partition coefficient (Wildman–Crippen LogP) is 5.51. The van der Waals surface area contributed by atoms with Gasteiger partial charge in [0.15, 0.2) is 5.84 Å². The van der Waals surface area contributed by atoms with Crippen LogP contribution in [-0.4, -0.2) is 60.5 Å². The van der Waals surface area contributed by atoms with Crippen molar-refractivity contribution < 1.29 is 4.74 Å². The summed E-state index contributed by atoms with van der Waals surface area (Å²) < 4.78 is 5.31. The maximum atomic E-state index is 5.31. The molecule has 0 amide bonds. The van der Waals surface area contributed by atoms with Gasteiger partial charge in [0.2, 0.25) is 0 Å². The smallest absolute Gasteiger partial charge is 0.156 e. The topological polar surface area (TPSA) is 41.0 Å². The van der Waals surface area contributed by atoms with Gasteiger partial charge in [-0.15, -0.1) is 11.3 Å². The highest BCUT2D eigenvalue weighted by molar-refractivity contribution is 7.12. The Bertz CT molecular complexity index is 1170. The van der Waals surface area contributed by atoms with Crippen LogP contribution in [0.1, 0.15) is 52.9 Å². The zero-order valence-electron chi connectivity index (χ0n) is 20.6. The second kappa shape index (κ2) is 9.88. The van der Waals surface area contributed by atoms with E-state index in [2.05, 4.69) is 79.2 Å². The molecule has 1 unspecified atom stereocenters. The highest BCUT2D eigenvalue weighted by Crippen LogP contribution is 2.35. The van der Waals surface area contributed by atoms with E-state index < -0.39 is 0 Å². The maximum absolute atomic E-state index is 5.31. The standard InChI is InChI=1S/C28H34N4OS/c1-19(2)28-30-26-25(34-28)17-21-7-5-6-8-24(21)29-27(26)32-16-15-31(3)22(18-32)12-9-20-10-13-23(33-4)14-11-20/h5-8,10-11,13-14,19,22H,9,12,15-18H2,1-4H3. The molecule has 1 aromatic heterocycles. The van der Waals surface area contributed by atoms with Gasteiger partial charge >= 0.3 is 0 Å². The minimum atomic E-state index is 0.429. The van der Waals surface area contributed by atoms with Gasteiger partial charge in [-0.25, -0.2) is 9.98 Å². The van der Waals surface area contributed by atoms with Crippen LogP contribution in [0.15, 0.2) is 53.5 Å². The Labute approximate surface area is 207 Å². The average molecular weight is 475 g/mol. The lowest BCUT2D eigenvalue weighted by molar-refractivity contribution is 0.134. The SMILES string of the molecule is COc1ccc(CCC2CN(C3=Nc4ccccc4Cc4sc(C(C)C)nc43)CCN2C)cc1. The fourth-order valence-corrected chi connectivity index (χ4v) is 5.90. The van der Waals surface area contributed by atoms with Gasteiger partial charge in [-0.1, -0.05) is 44.2 Å². The number of rotatable bonds is 5. The molecule has 34 heavy (non-hydrogen) atoms. The summed E-state index contributed by atoms with van der Waals surface area (Å²) in [7, 11) is 3.97. The molecule has 1 saturated heterocycles. The van der Waals surface area contributed by atoms with Crippen LogP contribution in [0.2, 0.25) is 0 Å². The summed E-state index contributed by atoms with van der Waals surface area (Å²) in [6, 6.07) is 17.5. The van der Waals surface area contributed by atoms with Gasteiger partial charge in [-0.3, -0.25) is 4.90 Å². The molecule has 2 aliphatic rings. The van der Waals surface area contributed by atoms with Crippen molar-refractivity contribution in [1.29, 1.82) is 0 Å². The quantitative estimate of drug-likeness (QED) is 0.489. The lowest BCUT2D eigenvalue weighted by atomic mass is 10.0. The molecule has 2 aliphatic heterocycles. The Kier molecular flexibility index (Phi) is 6.70. The molecule has 0 spiro atoms. The molecule has 0 saturated carbocycles. The largest absolute Gasteiger partial charge is 0.497 e. The number of aliphatic imine (C=N–C) groups is 1. The van der Waals surface area contributed by atoms with Crippen molar-refractivity contribution in [2.75, 3.05) is 33.8 Å². The van der Waals surface area contributed by atoms with Gasteiger partial charge in [-0.2, -0.15) is 0 Å². The number of amidine groups is 1. The molecule has 0 radical (unpaired) electrons. The molecular formula is C28H34N4OS. The van der Waals surface area contributed by atoms with Crippen LogP contribution >= 0.6 is 11.3 Å². The van der Waals surface area contributed by atoms with E-state index in [4.69, 9.17) is 14.7 Å². The van der Waals surface area contributed by atoms with Crippen LogP contribution in [-0.2, 0) is 12.8 Å². The molecule has 5 rings (SSSR count). The fourth-order valence-electron chi connectivity index (χ4n) is 4.82. The lowest BCUT2D eigenvalue weighted by Gasteiger charge is -2.40. The molecule has 0 N–H and O–H groups in total. The summed E-state index contributed by atoms with van der Waals surface area (Å²) in [5.74, 6) is 2.40. The minimum Gasteiger partial charge on any atom is -0.497 e. The highest BCUT2D eigenvalue weighted by atomic mass is 32.1. The van der Waals surface area contributed by atoms with Crippen LogP contribution < -0.4 is 4.74 Å². The molecule has 3 heterocycles. The number of fused-ring (bicyclic) bond motifs is 2. The summed E-state index contributed by atoms with van der Waals surface area (Å²) >= 11 is 1.86. The first-order valence-electron chi connectivity index (χ1n) is 12.3. The molecule has 6 heteroatoms. The number of hydrogen-bond acceptors (Lipinski definition) is 6. The van der Waals surface area contributed by atoms with Gasteiger partial charge in [-0.05, 0) is 49.2 Å². The van der Waals surface area contributed by atoms with Crippen LogP contribution in [0.5, 0.6) is 5.75 Å². The Morgan fingerprint density at radius 3 is 2.65 bits per heavy atom. The van der Waals surface area contributed by atoms with E-state index in [1.807, 2.05) is 11.3 Å². The van der Waals surface area contributed by atoms with E-state index in [-0.39, 0.29) is 0 Å². The summed E-state index contributed by atoms with van der Waals surface area (Å²) in [4.78, 5) is 16.7. The van der Waals surface area contributed by atoms with Crippen molar-refractivity contribution in [3.8, 4) is 5.75 Å². The van der Waals surface area contributed by atoms with Crippen LogP contribution in [0.25, 0.3) is 0 Å². The first-order valence-corrected chi connectivity index (χ1v) is 13.1. The van der Waals surface area contributed by atoms with E-state index in [1.54, 1.807) is 7.11 Å². The first kappa shape index (κ1) is 23.1. The first-order chi connectivity index (χ1) is 16.5. The second-order valence-electron chi connectivity index (χ2n) is 9.69. The number of para-hydroxylation sites is 1. The van der Waals surface area contributed by atoms with E-state index in [0.717, 1.165) is 61.9 Å². The van der Waals surface area contributed by atoms with E-state index in [9.17, 15) is 0 Å². The van der Waals surface area contributed by atoms with Gasteiger partial charge < -0.3 is 9.64 Å². The number of aromatic nitrogens is 1. The molecule has 0 bridgehead atoms. The van der Waals surface area contributed by atoms with Crippen molar-refractivity contribution in [3.05, 3.63) is 75.2 Å². The third-order valence-corrected chi connectivity index (χ3v) is 8.35. The number of piperazine rings is 1. The Hall–Kier alpha value is -2.70. The van der Waals surface area contributed by atoms with E-state index in [0.29, 0.717) is 12.0 Å². The average Bonchev–Trinajstić information content (AvgIpc) is 3.20. The van der Waals surface area contributed by atoms with Crippen molar-refractivity contribution >= 4 is 22.9 Å². The summed E-state index contributed by atoms with van der Waals surface area (Å²) in [5.41, 5.74) is 4.84. The van der Waals surface area contributed by atoms with Crippen LogP contribution in [0.4, 0.5) is 5.69 Å². The number of aryl methyl sites for hydroxylation is 1. The second-order valence-corrected chi connectivity index (χ2v) is 10.8. The number of likely N-dealkylation sites (N-methyl/N-ethyl adjacent to an activating group) is 1. The third-order valence-electron chi connectivity index (χ3n) is 6.99. The lowest BCUT2D eigenvalue weighted by Crippen LogP contribution is -2.53. The third kappa shape index (κ3) is 4.75.